The summed E-state index contributed by atoms with van der Waals surface area (Å²) < 4.78 is 27.1. The highest BCUT2D eigenvalue weighted by atomic mass is 79.9. The monoisotopic (exact) mass is 1980 g/mol. The topological polar surface area (TPSA) is 301 Å². The zero-order valence-electron chi connectivity index (χ0n) is 85.8. The summed E-state index contributed by atoms with van der Waals surface area (Å²) in [5, 5.41) is 46.5. The number of unbranched alkanes of at least 4 members (excludes halogenated alkanes) is 63. The Labute approximate surface area is 815 Å². The van der Waals surface area contributed by atoms with E-state index in [2.05, 4.69) is 59.6 Å². The van der Waals surface area contributed by atoms with Gasteiger partial charge >= 0.3 is 53.7 Å². The number of carbonyl (C=O) groups excluding carboxylic acids is 5. The molecule has 0 saturated heterocycles. The highest BCUT2D eigenvalue weighted by Gasteiger charge is 2.24. The largest absolute Gasteiger partial charge is 0.481 e. The van der Waals surface area contributed by atoms with Crippen LogP contribution in [-0.2, 0) is 66.8 Å². The molecule has 0 bridgehead atoms. The lowest BCUT2D eigenvalue weighted by molar-refractivity contribution is -0.169. The Bertz CT molecular complexity index is 2310. The fourth-order valence-corrected chi connectivity index (χ4v) is 16.0. The number of hydrogen-bond donors (Lipinski definition) is 5. The minimum Gasteiger partial charge on any atom is -0.481 e. The molecule has 772 valence electrons. The van der Waals surface area contributed by atoms with E-state index >= 15 is 0 Å². The second-order valence-electron chi connectivity index (χ2n) is 37.7. The van der Waals surface area contributed by atoms with Gasteiger partial charge < -0.3 is 49.2 Å². The summed E-state index contributed by atoms with van der Waals surface area (Å²) in [6.07, 6.45) is 88.7. The second kappa shape index (κ2) is 112. The van der Waals surface area contributed by atoms with Gasteiger partial charge in [-0.3, -0.25) is 43.2 Å². The summed E-state index contributed by atoms with van der Waals surface area (Å²) in [4.78, 5) is 104. The van der Waals surface area contributed by atoms with E-state index in [0.29, 0.717) is 38.5 Å². The number of aliphatic hydroxyl groups is 1. The van der Waals surface area contributed by atoms with Crippen LogP contribution in [0, 0.1) is 23.7 Å². The number of carbonyl (C=O) groups is 9. The molecular weight excluding hydrogens is 1770 g/mol. The molecule has 0 aliphatic rings. The first-order chi connectivity index (χ1) is 62.9. The molecule has 0 fully saturated rings. The summed E-state index contributed by atoms with van der Waals surface area (Å²) >= 11 is 6.85. The molecule has 0 rings (SSSR count). The number of halogens is 2. The molecule has 19 nitrogen and oxygen atoms in total. The van der Waals surface area contributed by atoms with Crippen LogP contribution in [0.4, 0.5) is 0 Å². The lowest BCUT2D eigenvalue weighted by Gasteiger charge is -2.20. The van der Waals surface area contributed by atoms with E-state index in [0.717, 1.165) is 154 Å². The van der Waals surface area contributed by atoms with Crippen LogP contribution in [0.3, 0.4) is 0 Å². The molecule has 5 N–H and O–H groups in total. The smallest absolute Gasteiger partial charge is 0.309 e. The van der Waals surface area contributed by atoms with E-state index in [1.54, 1.807) is 27.7 Å². The van der Waals surface area contributed by atoms with Gasteiger partial charge in [0, 0.05) is 42.8 Å². The third-order valence-electron chi connectivity index (χ3n) is 24.5. The molecule has 130 heavy (non-hydrogen) atoms. The van der Waals surface area contributed by atoms with Gasteiger partial charge in [0.1, 0.15) is 32.5 Å². The Kier molecular flexibility index (Phi) is 116. The molecule has 0 aromatic carbocycles. The van der Waals surface area contributed by atoms with Crippen molar-refractivity contribution in [1.29, 1.82) is 0 Å². The van der Waals surface area contributed by atoms with Crippen LogP contribution in [0.2, 0.25) is 0 Å². The number of esters is 5. The third kappa shape index (κ3) is 116. The molecule has 4 atom stereocenters. The van der Waals surface area contributed by atoms with Crippen molar-refractivity contribution < 1.29 is 92.4 Å². The lowest BCUT2D eigenvalue weighted by atomic mass is 10.00. The van der Waals surface area contributed by atoms with Crippen LogP contribution in [0.15, 0.2) is 0 Å². The van der Waals surface area contributed by atoms with E-state index in [4.69, 9.17) is 44.1 Å². The highest BCUT2D eigenvalue weighted by molar-refractivity contribution is 9.09. The van der Waals surface area contributed by atoms with E-state index in [1.165, 1.54) is 319 Å². The predicted octanol–water partition coefficient (Wildman–Crippen LogP) is 33.0. The molecule has 21 heteroatoms. The van der Waals surface area contributed by atoms with Crippen molar-refractivity contribution in [2.75, 3.05) is 37.1 Å². The van der Waals surface area contributed by atoms with Gasteiger partial charge in [0.2, 0.25) is 0 Å². The Morgan fingerprint density at radius 2 is 0.392 bits per heavy atom. The minimum absolute atomic E-state index is 0.108. The van der Waals surface area contributed by atoms with Crippen molar-refractivity contribution in [1.82, 2.24) is 0 Å². The van der Waals surface area contributed by atoms with Gasteiger partial charge in [0.15, 0.2) is 6.10 Å². The fourth-order valence-electron chi connectivity index (χ4n) is 15.2. The van der Waals surface area contributed by atoms with Gasteiger partial charge in [0.25, 0.3) is 0 Å². The first-order valence-electron chi connectivity index (χ1n) is 54.5. The molecule has 0 spiro atoms. The first kappa shape index (κ1) is 135. The van der Waals surface area contributed by atoms with Crippen LogP contribution in [0.25, 0.3) is 0 Å². The molecule has 0 aliphatic heterocycles. The average molecular weight is 1980 g/mol. The van der Waals surface area contributed by atoms with Gasteiger partial charge in [-0.2, -0.15) is 0 Å². The highest BCUT2D eigenvalue weighted by Crippen LogP contribution is 2.23. The minimum atomic E-state index is -0.953. The zero-order valence-corrected chi connectivity index (χ0v) is 88.9. The molecule has 0 saturated carbocycles. The fraction of sp³-hybridized carbons (Fsp3) is 0.917. The third-order valence-corrected chi connectivity index (χ3v) is 25.6. The molecule has 0 aromatic heterocycles. The Morgan fingerprint density at radius 3 is 0.569 bits per heavy atom. The first-order valence-corrected chi connectivity index (χ1v) is 56.7. The van der Waals surface area contributed by atoms with Crippen molar-refractivity contribution in [3.05, 3.63) is 0 Å². The number of alkyl halides is 2. The molecule has 0 amide bonds. The van der Waals surface area contributed by atoms with Crippen LogP contribution in [0.5, 0.6) is 0 Å². The van der Waals surface area contributed by atoms with Crippen molar-refractivity contribution in [3.8, 4) is 0 Å². The molecule has 4 unspecified atom stereocenters. The SMILES string of the molecule is BrCCCCCCCCBr.CC(CCCCCCCCC(C)C(=O)O)C(=O)O.CCC(=O)O.CCCCCCCCCCCCCCCC(=O)OCC(COC(=O)CCCCCCCCCCCCCCC)OC(=O)C(C)CCCCCCCCC(C)C(=O)O.CCCCCCCCCCCCCCCC(=O)OCC(O)COC(=O)CCCCCCCCCCCCCCC. The Hall–Kier alpha value is -3.85. The number of carboxylic acids is 4. The summed E-state index contributed by atoms with van der Waals surface area (Å²) in [6.45, 7) is 17.3. The number of carboxylic acid groups (broad SMARTS) is 4. The molecule has 0 radical (unpaired) electrons. The maximum absolute atomic E-state index is 13.0. The maximum Gasteiger partial charge on any atom is 0.309 e. The average Bonchev–Trinajstić information content (AvgIpc) is 0.918. The van der Waals surface area contributed by atoms with Gasteiger partial charge in [0.05, 0.1) is 23.7 Å². The van der Waals surface area contributed by atoms with Gasteiger partial charge in [-0.25, -0.2) is 0 Å². The number of rotatable bonds is 95. The molecule has 0 heterocycles. The zero-order chi connectivity index (χ0) is 97.3. The lowest BCUT2D eigenvalue weighted by Crippen LogP contribution is -2.32. The Morgan fingerprint density at radius 1 is 0.231 bits per heavy atom. The molecular formula is C109H208Br2O19. The van der Waals surface area contributed by atoms with E-state index in [9.17, 15) is 48.3 Å². The number of hydrogen-bond acceptors (Lipinski definition) is 15. The van der Waals surface area contributed by atoms with E-state index in [1.807, 2.05) is 6.92 Å². The number of aliphatic hydroxyl groups excluding tert-OH is 1. The van der Waals surface area contributed by atoms with E-state index < -0.39 is 36.1 Å². The van der Waals surface area contributed by atoms with Crippen LogP contribution in [-0.4, -0.2) is 129 Å². The summed E-state index contributed by atoms with van der Waals surface area (Å²) in [5.74, 6) is -5.49. The standard InChI is InChI=1S/C49H92O8.C35H68O5.C14H26O4.C8H16Br2.C3H6O2/c1-5-7-9-11-13-15-17-19-21-23-25-31-35-39-46(50)55-41-45(57-49(54)44(4)38-34-30-28-27-29-33-37-43(3)48(52)53)42-56-47(51)40-36-32-26-24-22-20-18-16-14-12-10-8-6-2;1-3-5-7-9-11-13-15-17-19-21-23-25-27-29-34(37)39-31-33(36)32-40-35(38)30-28-26-24-22-20-18-16-14-12-10-8-6-4-2;1-11(13(15)16)9-7-5-3-4-6-8-10-12(2)14(17)18;9-7-5-3-1-2-4-6-8-10;1-2-3(4)5/h43-45H,5-42H2,1-4H3,(H,52,53);33,36H,3-32H2,1-2H3;11-12H,3-10H2,1-2H3,(H,15,16)(H,17,18);1-8H2;2H2,1H3,(H,4,5). The van der Waals surface area contributed by atoms with Crippen molar-refractivity contribution >= 4 is 85.6 Å². The van der Waals surface area contributed by atoms with Gasteiger partial charge in [-0.1, -0.05) is 505 Å². The van der Waals surface area contributed by atoms with Gasteiger partial charge in [-0.15, -0.1) is 0 Å². The quantitative estimate of drug-likeness (QED) is 0.0164. The van der Waals surface area contributed by atoms with Crippen LogP contribution < -0.4 is 0 Å². The summed E-state index contributed by atoms with van der Waals surface area (Å²) in [6, 6.07) is 0. The van der Waals surface area contributed by atoms with Gasteiger partial charge in [-0.05, 0) is 64.2 Å². The van der Waals surface area contributed by atoms with Crippen molar-refractivity contribution in [3.63, 3.8) is 0 Å². The number of ether oxygens (including phenoxy) is 5. The normalized spacial score (nSPS) is 12.0. The molecule has 0 aliphatic carbocycles. The van der Waals surface area contributed by atoms with Crippen molar-refractivity contribution in [2.45, 2.75) is 582 Å². The summed E-state index contributed by atoms with van der Waals surface area (Å²) in [5.41, 5.74) is 0. The van der Waals surface area contributed by atoms with Crippen LogP contribution in [0.1, 0.15) is 570 Å². The van der Waals surface area contributed by atoms with Crippen LogP contribution >= 0.6 is 31.9 Å². The Balaban J connectivity index is -0.000000608. The molecule has 0 aromatic rings. The predicted molar refractivity (Wildman–Crippen MR) is 548 cm³/mol. The summed E-state index contributed by atoms with van der Waals surface area (Å²) in [7, 11) is 0. The second-order valence-corrected chi connectivity index (χ2v) is 39.3. The number of aliphatic carboxylic acids is 4. The van der Waals surface area contributed by atoms with Crippen molar-refractivity contribution in [2.24, 2.45) is 23.7 Å². The van der Waals surface area contributed by atoms with E-state index in [-0.39, 0.29) is 86.4 Å². The maximum atomic E-state index is 13.0.